The quantitative estimate of drug-likeness (QED) is 0.840. The van der Waals surface area contributed by atoms with Crippen LogP contribution in [0.25, 0.3) is 0 Å². The van der Waals surface area contributed by atoms with Crippen LogP contribution in [0.3, 0.4) is 0 Å². The number of thioether (sulfide) groups is 1. The maximum atomic E-state index is 12.6. The smallest absolute Gasteiger partial charge is 0.257 e. The van der Waals surface area contributed by atoms with Crippen molar-refractivity contribution in [1.82, 2.24) is 4.90 Å². The van der Waals surface area contributed by atoms with Gasteiger partial charge in [0.1, 0.15) is 16.3 Å². The zero-order chi connectivity index (χ0) is 14.9. The standard InChI is InChI=1S/C15H20N2O2S/c1-10-11(2)19-12(3)13(10)14(18)17-7-5-15(9-16,20-4)6-8-17/h5-8H2,1-4H3. The van der Waals surface area contributed by atoms with Crippen molar-refractivity contribution < 1.29 is 9.21 Å². The summed E-state index contributed by atoms with van der Waals surface area (Å²) in [6.45, 7) is 6.90. The number of hydrogen-bond acceptors (Lipinski definition) is 4. The van der Waals surface area contributed by atoms with Gasteiger partial charge in [-0.2, -0.15) is 5.26 Å². The molecule has 0 aliphatic carbocycles. The molecule has 2 heterocycles. The van der Waals surface area contributed by atoms with Gasteiger partial charge in [-0.15, -0.1) is 11.8 Å². The molecule has 20 heavy (non-hydrogen) atoms. The van der Waals surface area contributed by atoms with E-state index in [4.69, 9.17) is 4.42 Å². The monoisotopic (exact) mass is 292 g/mol. The van der Waals surface area contributed by atoms with Crippen LogP contribution in [0.5, 0.6) is 0 Å². The third-order valence-electron chi connectivity index (χ3n) is 4.23. The van der Waals surface area contributed by atoms with Crippen molar-refractivity contribution in [1.29, 1.82) is 5.26 Å². The number of carbonyl (C=O) groups excluding carboxylic acids is 1. The lowest BCUT2D eigenvalue weighted by atomic mass is 9.96. The Morgan fingerprint density at radius 1 is 1.30 bits per heavy atom. The van der Waals surface area contributed by atoms with E-state index in [1.54, 1.807) is 11.8 Å². The number of hydrogen-bond donors (Lipinski definition) is 0. The van der Waals surface area contributed by atoms with Crippen LogP contribution in [0.15, 0.2) is 4.42 Å². The number of furan rings is 1. The van der Waals surface area contributed by atoms with Gasteiger partial charge in [0.25, 0.3) is 5.91 Å². The molecule has 108 valence electrons. The lowest BCUT2D eigenvalue weighted by molar-refractivity contribution is 0.0714. The molecule has 1 aliphatic rings. The van der Waals surface area contributed by atoms with E-state index in [0.717, 1.165) is 24.2 Å². The van der Waals surface area contributed by atoms with Crippen LogP contribution in [0, 0.1) is 32.1 Å². The molecule has 0 radical (unpaired) electrons. The number of aryl methyl sites for hydroxylation is 2. The van der Waals surface area contributed by atoms with Gasteiger partial charge in [-0.05, 0) is 39.9 Å². The molecule has 1 aromatic heterocycles. The molecule has 0 atom stereocenters. The third-order valence-corrected chi connectivity index (χ3v) is 5.51. The predicted octanol–water partition coefficient (Wildman–Crippen LogP) is 3.07. The van der Waals surface area contributed by atoms with Crippen molar-refractivity contribution in [2.75, 3.05) is 19.3 Å². The summed E-state index contributed by atoms with van der Waals surface area (Å²) in [6.07, 6.45) is 3.42. The van der Waals surface area contributed by atoms with Gasteiger partial charge in [0.05, 0.1) is 11.6 Å². The Balaban J connectivity index is 2.15. The number of piperidine rings is 1. The first kappa shape index (κ1) is 15.0. The lowest BCUT2D eigenvalue weighted by Crippen LogP contribution is -2.44. The van der Waals surface area contributed by atoms with E-state index in [1.807, 2.05) is 31.9 Å². The molecule has 0 unspecified atom stereocenters. The summed E-state index contributed by atoms with van der Waals surface area (Å²) >= 11 is 1.60. The summed E-state index contributed by atoms with van der Waals surface area (Å²) in [4.78, 5) is 14.5. The second-order valence-corrected chi connectivity index (χ2v) is 6.51. The number of likely N-dealkylation sites (tertiary alicyclic amines) is 1. The molecule has 1 aromatic rings. The molecular formula is C15H20N2O2S. The molecule has 1 amide bonds. The van der Waals surface area contributed by atoms with E-state index >= 15 is 0 Å². The second-order valence-electron chi connectivity index (χ2n) is 5.32. The summed E-state index contributed by atoms with van der Waals surface area (Å²) < 4.78 is 5.21. The molecule has 0 spiro atoms. The van der Waals surface area contributed by atoms with Crippen molar-refractivity contribution in [2.24, 2.45) is 0 Å². The number of nitriles is 1. The summed E-state index contributed by atoms with van der Waals surface area (Å²) in [5.74, 6) is 1.52. The minimum Gasteiger partial charge on any atom is -0.466 e. The zero-order valence-corrected chi connectivity index (χ0v) is 13.3. The van der Waals surface area contributed by atoms with Crippen molar-refractivity contribution in [3.8, 4) is 6.07 Å². The largest absolute Gasteiger partial charge is 0.466 e. The van der Waals surface area contributed by atoms with Gasteiger partial charge >= 0.3 is 0 Å². The minimum atomic E-state index is -0.326. The van der Waals surface area contributed by atoms with Crippen LogP contribution >= 0.6 is 11.8 Å². The highest BCUT2D eigenvalue weighted by Crippen LogP contribution is 2.34. The number of nitrogens with zero attached hydrogens (tertiary/aromatic N) is 2. The normalized spacial score (nSPS) is 17.9. The third kappa shape index (κ3) is 2.45. The van der Waals surface area contributed by atoms with E-state index in [9.17, 15) is 10.1 Å². The van der Waals surface area contributed by atoms with E-state index < -0.39 is 0 Å². The summed E-state index contributed by atoms with van der Waals surface area (Å²) in [5.41, 5.74) is 1.62. The Morgan fingerprint density at radius 2 is 1.90 bits per heavy atom. The van der Waals surface area contributed by atoms with Gasteiger partial charge in [-0.25, -0.2) is 0 Å². The summed E-state index contributed by atoms with van der Waals surface area (Å²) in [6, 6.07) is 2.40. The highest BCUT2D eigenvalue weighted by molar-refractivity contribution is 8.00. The van der Waals surface area contributed by atoms with Crippen molar-refractivity contribution >= 4 is 17.7 Å². The number of rotatable bonds is 2. The van der Waals surface area contributed by atoms with Crippen LogP contribution in [0.4, 0.5) is 0 Å². The van der Waals surface area contributed by atoms with Crippen LogP contribution in [0.2, 0.25) is 0 Å². The van der Waals surface area contributed by atoms with E-state index in [0.29, 0.717) is 24.4 Å². The van der Waals surface area contributed by atoms with Crippen LogP contribution in [-0.2, 0) is 0 Å². The first-order valence-electron chi connectivity index (χ1n) is 6.76. The van der Waals surface area contributed by atoms with Crippen LogP contribution < -0.4 is 0 Å². The Labute approximate surface area is 124 Å². The summed E-state index contributed by atoms with van der Waals surface area (Å²) in [5, 5.41) is 9.29. The van der Waals surface area contributed by atoms with E-state index in [1.165, 1.54) is 0 Å². The van der Waals surface area contributed by atoms with Gasteiger partial charge in [-0.1, -0.05) is 0 Å². The van der Waals surface area contributed by atoms with E-state index in [-0.39, 0.29) is 10.7 Å². The van der Waals surface area contributed by atoms with Crippen molar-refractivity contribution in [3.63, 3.8) is 0 Å². The first-order valence-corrected chi connectivity index (χ1v) is 7.99. The fourth-order valence-electron chi connectivity index (χ4n) is 2.70. The molecule has 5 heteroatoms. The molecule has 1 saturated heterocycles. The molecule has 1 aliphatic heterocycles. The molecule has 4 nitrogen and oxygen atoms in total. The molecule has 1 fully saturated rings. The predicted molar refractivity (Wildman–Crippen MR) is 79.9 cm³/mol. The van der Waals surface area contributed by atoms with Crippen LogP contribution in [0.1, 0.15) is 40.3 Å². The highest BCUT2D eigenvalue weighted by atomic mass is 32.2. The molecule has 0 saturated carbocycles. The average Bonchev–Trinajstić information content (AvgIpc) is 2.71. The van der Waals surface area contributed by atoms with Gasteiger partial charge in [0, 0.05) is 18.7 Å². The number of carbonyl (C=O) groups is 1. The minimum absolute atomic E-state index is 0.0319. The SMILES string of the molecule is CSC1(C#N)CCN(C(=O)c2c(C)oc(C)c2C)CC1. The zero-order valence-electron chi connectivity index (χ0n) is 12.4. The van der Waals surface area contributed by atoms with Crippen molar-refractivity contribution in [3.05, 3.63) is 22.6 Å². The fraction of sp³-hybridized carbons (Fsp3) is 0.600. The average molecular weight is 292 g/mol. The fourth-order valence-corrected chi connectivity index (χ4v) is 3.38. The summed E-state index contributed by atoms with van der Waals surface area (Å²) in [7, 11) is 0. The maximum absolute atomic E-state index is 12.6. The van der Waals surface area contributed by atoms with Gasteiger partial charge < -0.3 is 9.32 Å². The Kier molecular flexibility index (Phi) is 4.14. The number of amides is 1. The Morgan fingerprint density at radius 3 is 2.30 bits per heavy atom. The Bertz CT molecular complexity index is 563. The van der Waals surface area contributed by atoms with Gasteiger partial charge in [0.2, 0.25) is 0 Å². The molecule has 2 rings (SSSR count). The molecule has 0 aromatic carbocycles. The first-order chi connectivity index (χ1) is 9.44. The van der Waals surface area contributed by atoms with Crippen molar-refractivity contribution in [2.45, 2.75) is 38.4 Å². The second kappa shape index (κ2) is 5.53. The molecule has 0 N–H and O–H groups in total. The topological polar surface area (TPSA) is 57.2 Å². The lowest BCUT2D eigenvalue weighted by Gasteiger charge is -2.36. The van der Waals surface area contributed by atoms with Crippen LogP contribution in [-0.4, -0.2) is 34.9 Å². The molecular weight excluding hydrogens is 272 g/mol. The maximum Gasteiger partial charge on any atom is 0.257 e. The van der Waals surface area contributed by atoms with Gasteiger partial charge in [0.15, 0.2) is 0 Å². The highest BCUT2D eigenvalue weighted by Gasteiger charge is 2.36. The van der Waals surface area contributed by atoms with E-state index in [2.05, 4.69) is 6.07 Å². The Hall–Kier alpha value is -1.41. The molecule has 0 bridgehead atoms. The van der Waals surface area contributed by atoms with Gasteiger partial charge in [-0.3, -0.25) is 4.79 Å².